The summed E-state index contributed by atoms with van der Waals surface area (Å²) in [5, 5.41) is 3.46. The number of thioether (sulfide) groups is 1. The number of hydrogen-bond donors (Lipinski definition) is 1. The number of hydrogen-bond acceptors (Lipinski definition) is 3. The predicted molar refractivity (Wildman–Crippen MR) is 80.3 cm³/mol. The van der Waals surface area contributed by atoms with Crippen molar-refractivity contribution in [2.45, 2.75) is 30.7 Å². The molecule has 0 aromatic heterocycles. The summed E-state index contributed by atoms with van der Waals surface area (Å²) >= 11 is 1.62. The van der Waals surface area contributed by atoms with E-state index in [2.05, 4.69) is 17.1 Å². The summed E-state index contributed by atoms with van der Waals surface area (Å²) in [5.41, 5.74) is 0. The van der Waals surface area contributed by atoms with Crippen LogP contribution in [0, 0.1) is 5.82 Å². The molecule has 1 heterocycles. The molecule has 0 amide bonds. The number of nitrogens with zero attached hydrogens (tertiary/aromatic N) is 1. The molecule has 2 nitrogen and oxygen atoms in total. The molecule has 0 bridgehead atoms. The van der Waals surface area contributed by atoms with Gasteiger partial charge in [-0.25, -0.2) is 4.39 Å². The second-order valence-electron chi connectivity index (χ2n) is 4.91. The number of piperidine rings is 1. The van der Waals surface area contributed by atoms with Gasteiger partial charge in [-0.05, 0) is 38.1 Å². The minimum atomic E-state index is -0.102. The Hall–Kier alpha value is -0.580. The van der Waals surface area contributed by atoms with Gasteiger partial charge in [-0.15, -0.1) is 11.8 Å². The first-order valence-corrected chi connectivity index (χ1v) is 8.12. The molecule has 1 fully saturated rings. The van der Waals surface area contributed by atoms with E-state index in [9.17, 15) is 4.39 Å². The van der Waals surface area contributed by atoms with Gasteiger partial charge < -0.3 is 5.32 Å². The first kappa shape index (κ1) is 14.8. The van der Waals surface area contributed by atoms with Crippen LogP contribution in [0.5, 0.6) is 0 Å². The van der Waals surface area contributed by atoms with Crippen LogP contribution in [0.1, 0.15) is 19.8 Å². The first-order chi connectivity index (χ1) is 9.31. The van der Waals surface area contributed by atoms with Crippen molar-refractivity contribution in [2.75, 3.05) is 31.9 Å². The van der Waals surface area contributed by atoms with E-state index in [0.29, 0.717) is 6.04 Å². The molecule has 0 aliphatic carbocycles. The number of rotatable bonds is 6. The summed E-state index contributed by atoms with van der Waals surface area (Å²) in [6, 6.07) is 7.68. The number of halogens is 1. The summed E-state index contributed by atoms with van der Waals surface area (Å²) in [4.78, 5) is 3.28. The van der Waals surface area contributed by atoms with Crippen molar-refractivity contribution in [3.8, 4) is 0 Å². The van der Waals surface area contributed by atoms with Crippen LogP contribution in [0.2, 0.25) is 0 Å². The molecule has 1 atom stereocenters. The Kier molecular flexibility index (Phi) is 6.14. The third-order valence-corrected chi connectivity index (χ3v) is 4.69. The van der Waals surface area contributed by atoms with Crippen LogP contribution >= 0.6 is 11.8 Å². The lowest BCUT2D eigenvalue weighted by Gasteiger charge is -2.33. The number of nitrogens with one attached hydrogen (secondary N) is 1. The molecular weight excluding hydrogens is 259 g/mol. The molecule has 1 aliphatic rings. The Balaban J connectivity index is 1.78. The van der Waals surface area contributed by atoms with E-state index in [0.717, 1.165) is 36.8 Å². The van der Waals surface area contributed by atoms with Gasteiger partial charge in [-0.3, -0.25) is 4.90 Å². The highest BCUT2D eigenvalue weighted by Gasteiger charge is 2.19. The van der Waals surface area contributed by atoms with E-state index >= 15 is 0 Å². The van der Waals surface area contributed by atoms with Gasteiger partial charge in [-0.2, -0.15) is 0 Å². The maximum absolute atomic E-state index is 13.5. The van der Waals surface area contributed by atoms with Crippen molar-refractivity contribution in [2.24, 2.45) is 0 Å². The monoisotopic (exact) mass is 282 g/mol. The average Bonchev–Trinajstić information content (AvgIpc) is 2.46. The van der Waals surface area contributed by atoms with Crippen LogP contribution in [0.15, 0.2) is 29.2 Å². The molecule has 1 unspecified atom stereocenters. The minimum absolute atomic E-state index is 0.102. The Morgan fingerprint density at radius 3 is 2.95 bits per heavy atom. The lowest BCUT2D eigenvalue weighted by Crippen LogP contribution is -2.46. The zero-order chi connectivity index (χ0) is 13.5. The maximum atomic E-state index is 13.5. The predicted octanol–water partition coefficient (Wildman–Crippen LogP) is 2.99. The first-order valence-electron chi connectivity index (χ1n) is 7.13. The lowest BCUT2D eigenvalue weighted by molar-refractivity contribution is 0.184. The molecule has 0 radical (unpaired) electrons. The molecule has 2 rings (SSSR count). The van der Waals surface area contributed by atoms with Crippen molar-refractivity contribution < 1.29 is 4.39 Å². The number of benzene rings is 1. The molecule has 1 aromatic rings. The summed E-state index contributed by atoms with van der Waals surface area (Å²) in [7, 11) is 0. The Bertz CT molecular complexity index is 380. The Morgan fingerprint density at radius 1 is 1.42 bits per heavy atom. The van der Waals surface area contributed by atoms with E-state index in [1.165, 1.54) is 18.9 Å². The van der Waals surface area contributed by atoms with Gasteiger partial charge in [0.15, 0.2) is 0 Å². The molecule has 0 saturated carbocycles. The average molecular weight is 282 g/mol. The van der Waals surface area contributed by atoms with Gasteiger partial charge in [0.2, 0.25) is 0 Å². The minimum Gasteiger partial charge on any atom is -0.315 e. The highest BCUT2D eigenvalue weighted by Crippen LogP contribution is 2.21. The Morgan fingerprint density at radius 2 is 2.26 bits per heavy atom. The topological polar surface area (TPSA) is 15.3 Å². The second-order valence-corrected chi connectivity index (χ2v) is 6.04. The fraction of sp³-hybridized carbons (Fsp3) is 0.600. The van der Waals surface area contributed by atoms with Gasteiger partial charge in [0.05, 0.1) is 0 Å². The largest absolute Gasteiger partial charge is 0.315 e. The zero-order valence-electron chi connectivity index (χ0n) is 11.6. The third kappa shape index (κ3) is 4.48. The quantitative estimate of drug-likeness (QED) is 0.808. The third-order valence-electron chi connectivity index (χ3n) is 3.67. The standard InChI is InChI=1S/C15H23FN2S/c1-2-18(13-6-5-9-17-12-13)10-11-19-15-8-4-3-7-14(15)16/h3-4,7-8,13,17H,2,5-6,9-12H2,1H3. The number of likely N-dealkylation sites (N-methyl/N-ethyl adjacent to an activating group) is 1. The van der Waals surface area contributed by atoms with Gasteiger partial charge >= 0.3 is 0 Å². The Labute approximate surface area is 119 Å². The van der Waals surface area contributed by atoms with Crippen LogP contribution in [-0.2, 0) is 0 Å². The van der Waals surface area contributed by atoms with Crippen LogP contribution in [0.3, 0.4) is 0 Å². The maximum Gasteiger partial charge on any atom is 0.136 e. The fourth-order valence-electron chi connectivity index (χ4n) is 2.58. The van der Waals surface area contributed by atoms with Crippen molar-refractivity contribution in [3.05, 3.63) is 30.1 Å². The van der Waals surface area contributed by atoms with Gasteiger partial charge in [0, 0.05) is 29.8 Å². The summed E-state index contributed by atoms with van der Waals surface area (Å²) in [5.74, 6) is 0.848. The lowest BCUT2D eigenvalue weighted by atomic mass is 10.1. The van der Waals surface area contributed by atoms with Gasteiger partial charge in [0.25, 0.3) is 0 Å². The molecule has 1 saturated heterocycles. The molecule has 1 aromatic carbocycles. The summed E-state index contributed by atoms with van der Waals surface area (Å²) in [6.07, 6.45) is 2.55. The van der Waals surface area contributed by atoms with E-state index in [-0.39, 0.29) is 5.82 Å². The van der Waals surface area contributed by atoms with Crippen LogP contribution in [0.25, 0.3) is 0 Å². The fourth-order valence-corrected chi connectivity index (χ4v) is 3.51. The molecule has 4 heteroatoms. The van der Waals surface area contributed by atoms with E-state index in [1.54, 1.807) is 17.8 Å². The second kappa shape index (κ2) is 7.88. The van der Waals surface area contributed by atoms with E-state index in [1.807, 2.05) is 12.1 Å². The molecule has 1 aliphatic heterocycles. The van der Waals surface area contributed by atoms with Crippen molar-refractivity contribution in [3.63, 3.8) is 0 Å². The van der Waals surface area contributed by atoms with Crippen molar-refractivity contribution >= 4 is 11.8 Å². The van der Waals surface area contributed by atoms with E-state index in [4.69, 9.17) is 0 Å². The van der Waals surface area contributed by atoms with E-state index < -0.39 is 0 Å². The molecular formula is C15H23FN2S. The van der Waals surface area contributed by atoms with Gasteiger partial charge in [-0.1, -0.05) is 19.1 Å². The highest BCUT2D eigenvalue weighted by molar-refractivity contribution is 7.99. The molecule has 1 N–H and O–H groups in total. The van der Waals surface area contributed by atoms with Crippen molar-refractivity contribution in [1.82, 2.24) is 10.2 Å². The van der Waals surface area contributed by atoms with Crippen molar-refractivity contribution in [1.29, 1.82) is 0 Å². The van der Waals surface area contributed by atoms with Gasteiger partial charge in [0.1, 0.15) is 5.82 Å². The van der Waals surface area contributed by atoms with Crippen LogP contribution in [-0.4, -0.2) is 42.9 Å². The highest BCUT2D eigenvalue weighted by atomic mass is 32.2. The normalized spacial score (nSPS) is 19.8. The van der Waals surface area contributed by atoms with Crippen LogP contribution in [0.4, 0.5) is 4.39 Å². The summed E-state index contributed by atoms with van der Waals surface area (Å²) in [6.45, 7) is 6.56. The molecule has 106 valence electrons. The SMILES string of the molecule is CCN(CCSc1ccccc1F)C1CCCNC1. The zero-order valence-corrected chi connectivity index (χ0v) is 12.4. The summed E-state index contributed by atoms with van der Waals surface area (Å²) < 4.78 is 13.5. The molecule has 19 heavy (non-hydrogen) atoms. The smallest absolute Gasteiger partial charge is 0.136 e. The molecule has 0 spiro atoms. The van der Waals surface area contributed by atoms with Crippen LogP contribution < -0.4 is 5.32 Å².